The Kier molecular flexibility index (Phi) is 6.32. The molecule has 0 radical (unpaired) electrons. The quantitative estimate of drug-likeness (QED) is 0.354. The van der Waals surface area contributed by atoms with Crippen molar-refractivity contribution in [1.29, 1.82) is 0 Å². The van der Waals surface area contributed by atoms with Crippen LogP contribution in [0.3, 0.4) is 0 Å². The number of fused-ring (bicyclic) bond motifs is 1. The van der Waals surface area contributed by atoms with Crippen molar-refractivity contribution < 1.29 is 13.2 Å². The highest BCUT2D eigenvalue weighted by atomic mass is 19.4. The van der Waals surface area contributed by atoms with Gasteiger partial charge in [-0.3, -0.25) is 0 Å². The van der Waals surface area contributed by atoms with Crippen LogP contribution in [0.1, 0.15) is 31.0 Å². The van der Waals surface area contributed by atoms with Gasteiger partial charge in [-0.2, -0.15) is 23.1 Å². The van der Waals surface area contributed by atoms with Gasteiger partial charge in [-0.15, -0.1) is 0 Å². The van der Waals surface area contributed by atoms with Gasteiger partial charge >= 0.3 is 6.18 Å². The lowest BCUT2D eigenvalue weighted by atomic mass is 10.1. The van der Waals surface area contributed by atoms with Crippen LogP contribution in [0, 0.1) is 0 Å². The predicted octanol–water partition coefficient (Wildman–Crippen LogP) is 5.85. The van der Waals surface area contributed by atoms with Crippen LogP contribution in [0.15, 0.2) is 54.9 Å². The number of nitrogens with zero attached hydrogens (tertiary/aromatic N) is 5. The van der Waals surface area contributed by atoms with E-state index in [-0.39, 0.29) is 12.6 Å². The van der Waals surface area contributed by atoms with Gasteiger partial charge in [0.25, 0.3) is 0 Å². The number of benzene rings is 2. The lowest BCUT2D eigenvalue weighted by molar-refractivity contribution is -0.137. The summed E-state index contributed by atoms with van der Waals surface area (Å²) in [6.45, 7) is 4.19. The van der Waals surface area contributed by atoms with Crippen LogP contribution < -0.4 is 15.5 Å². The van der Waals surface area contributed by atoms with E-state index in [1.54, 1.807) is 12.4 Å². The van der Waals surface area contributed by atoms with Crippen molar-refractivity contribution in [2.24, 2.45) is 0 Å². The highest BCUT2D eigenvalue weighted by Crippen LogP contribution is 2.30. The molecule has 0 spiro atoms. The van der Waals surface area contributed by atoms with Crippen molar-refractivity contribution in [1.82, 2.24) is 19.5 Å². The summed E-state index contributed by atoms with van der Waals surface area (Å²) in [6.07, 6.45) is -2.71. The number of imidazole rings is 1. The van der Waals surface area contributed by atoms with Crippen molar-refractivity contribution >= 4 is 34.3 Å². The Bertz CT molecular complexity index is 1300. The SMILES string of the molecule is CC(C)n1cnc2c(NCc3cccc(C(F)(F)F)c3)nc(Nc3cccc(N(C)C)c3)nc21. The first-order valence-electron chi connectivity index (χ1n) is 10.8. The second-order valence-electron chi connectivity index (χ2n) is 8.44. The van der Waals surface area contributed by atoms with Gasteiger partial charge in [-0.1, -0.05) is 18.2 Å². The van der Waals surface area contributed by atoms with E-state index in [1.165, 1.54) is 6.07 Å². The highest BCUT2D eigenvalue weighted by molar-refractivity contribution is 5.85. The van der Waals surface area contributed by atoms with Crippen molar-refractivity contribution in [3.8, 4) is 0 Å². The van der Waals surface area contributed by atoms with Gasteiger partial charge in [-0.05, 0) is 49.7 Å². The number of alkyl halides is 3. The summed E-state index contributed by atoms with van der Waals surface area (Å²) in [5, 5.41) is 6.38. The molecule has 0 aliphatic rings. The minimum absolute atomic E-state index is 0.112. The minimum Gasteiger partial charge on any atom is -0.378 e. The number of anilines is 4. The summed E-state index contributed by atoms with van der Waals surface area (Å²) in [4.78, 5) is 15.7. The molecule has 0 aliphatic heterocycles. The van der Waals surface area contributed by atoms with E-state index >= 15 is 0 Å². The van der Waals surface area contributed by atoms with E-state index in [9.17, 15) is 13.2 Å². The first-order valence-corrected chi connectivity index (χ1v) is 10.8. The van der Waals surface area contributed by atoms with Crippen molar-refractivity contribution in [2.45, 2.75) is 32.6 Å². The molecule has 4 rings (SSSR count). The zero-order chi connectivity index (χ0) is 24.5. The lowest BCUT2D eigenvalue weighted by Crippen LogP contribution is -2.10. The number of rotatable bonds is 7. The fraction of sp³-hybridized carbons (Fsp3) is 0.292. The molecular weight excluding hydrogens is 443 g/mol. The minimum atomic E-state index is -4.40. The van der Waals surface area contributed by atoms with Gasteiger partial charge in [0.15, 0.2) is 17.0 Å². The molecule has 2 heterocycles. The van der Waals surface area contributed by atoms with E-state index in [2.05, 4.69) is 25.6 Å². The molecule has 0 amide bonds. The topological polar surface area (TPSA) is 70.9 Å². The number of nitrogens with one attached hydrogen (secondary N) is 2. The van der Waals surface area contributed by atoms with Crippen LogP contribution in [0.25, 0.3) is 11.2 Å². The van der Waals surface area contributed by atoms with Gasteiger partial charge in [0.2, 0.25) is 5.95 Å². The summed E-state index contributed by atoms with van der Waals surface area (Å²) < 4.78 is 41.2. The Morgan fingerprint density at radius 2 is 1.79 bits per heavy atom. The second kappa shape index (κ2) is 9.20. The number of hydrogen-bond acceptors (Lipinski definition) is 6. The molecule has 2 aromatic heterocycles. The maximum atomic E-state index is 13.1. The van der Waals surface area contributed by atoms with E-state index in [0.717, 1.165) is 23.5 Å². The third kappa shape index (κ3) is 5.05. The van der Waals surface area contributed by atoms with E-state index in [0.29, 0.717) is 28.5 Å². The molecule has 0 aliphatic carbocycles. The Labute approximate surface area is 195 Å². The molecule has 2 aromatic carbocycles. The van der Waals surface area contributed by atoms with Crippen LogP contribution in [-0.2, 0) is 12.7 Å². The molecule has 4 aromatic rings. The molecular formula is C24H26F3N7. The number of hydrogen-bond donors (Lipinski definition) is 2. The van der Waals surface area contributed by atoms with Crippen LogP contribution in [-0.4, -0.2) is 33.6 Å². The maximum Gasteiger partial charge on any atom is 0.416 e. The van der Waals surface area contributed by atoms with Crippen LogP contribution in [0.4, 0.5) is 36.3 Å². The number of aromatic nitrogens is 4. The smallest absolute Gasteiger partial charge is 0.378 e. The summed E-state index contributed by atoms with van der Waals surface area (Å²) in [6, 6.07) is 13.1. The summed E-state index contributed by atoms with van der Waals surface area (Å²) in [7, 11) is 3.91. The Hall–Kier alpha value is -3.82. The van der Waals surface area contributed by atoms with Gasteiger partial charge in [0, 0.05) is 38.1 Å². The third-order valence-electron chi connectivity index (χ3n) is 5.31. The highest BCUT2D eigenvalue weighted by Gasteiger charge is 2.30. The summed E-state index contributed by atoms with van der Waals surface area (Å²) in [5.41, 5.74) is 2.80. The Balaban J connectivity index is 1.68. The summed E-state index contributed by atoms with van der Waals surface area (Å²) >= 11 is 0. The van der Waals surface area contributed by atoms with Crippen molar-refractivity contribution in [3.05, 3.63) is 66.0 Å². The molecule has 10 heteroatoms. The fourth-order valence-corrected chi connectivity index (χ4v) is 3.51. The molecule has 0 atom stereocenters. The van der Waals surface area contributed by atoms with Crippen molar-refractivity contribution in [3.63, 3.8) is 0 Å². The first-order chi connectivity index (χ1) is 16.1. The van der Waals surface area contributed by atoms with Crippen LogP contribution >= 0.6 is 0 Å². The maximum absolute atomic E-state index is 13.1. The average molecular weight is 470 g/mol. The molecule has 0 saturated carbocycles. The lowest BCUT2D eigenvalue weighted by Gasteiger charge is -2.15. The monoisotopic (exact) mass is 469 g/mol. The molecule has 7 nitrogen and oxygen atoms in total. The van der Waals surface area contributed by atoms with Crippen LogP contribution in [0.5, 0.6) is 0 Å². The first kappa shape index (κ1) is 23.3. The molecule has 34 heavy (non-hydrogen) atoms. The third-order valence-corrected chi connectivity index (χ3v) is 5.31. The number of halogens is 3. The molecule has 0 fully saturated rings. The van der Waals surface area contributed by atoms with Gasteiger partial charge in [0.05, 0.1) is 11.9 Å². The van der Waals surface area contributed by atoms with Gasteiger partial charge < -0.3 is 20.1 Å². The normalized spacial score (nSPS) is 11.8. The average Bonchev–Trinajstić information content (AvgIpc) is 3.22. The van der Waals surface area contributed by atoms with Crippen LogP contribution in [0.2, 0.25) is 0 Å². The Morgan fingerprint density at radius 1 is 1.03 bits per heavy atom. The summed E-state index contributed by atoms with van der Waals surface area (Å²) in [5.74, 6) is 0.797. The molecule has 0 bridgehead atoms. The largest absolute Gasteiger partial charge is 0.416 e. The van der Waals surface area contributed by atoms with E-state index in [4.69, 9.17) is 0 Å². The standard InChI is InChI=1S/C24H26F3N7/c1-15(2)34-14-29-20-21(28-13-16-7-5-8-17(11-16)24(25,26)27)31-23(32-22(20)34)30-18-9-6-10-19(12-18)33(3)4/h5-12,14-15H,13H2,1-4H3,(H2,28,30,31,32). The molecule has 0 unspecified atom stereocenters. The molecule has 0 saturated heterocycles. The zero-order valence-electron chi connectivity index (χ0n) is 19.4. The second-order valence-corrected chi connectivity index (χ2v) is 8.44. The van der Waals surface area contributed by atoms with Crippen molar-refractivity contribution in [2.75, 3.05) is 29.6 Å². The van der Waals surface area contributed by atoms with E-state index in [1.807, 2.05) is 61.7 Å². The molecule has 2 N–H and O–H groups in total. The Morgan fingerprint density at radius 3 is 2.50 bits per heavy atom. The van der Waals surface area contributed by atoms with Gasteiger partial charge in [-0.25, -0.2) is 4.98 Å². The molecule has 178 valence electrons. The fourth-order valence-electron chi connectivity index (χ4n) is 3.51. The zero-order valence-corrected chi connectivity index (χ0v) is 19.4. The van der Waals surface area contributed by atoms with Gasteiger partial charge in [0.1, 0.15) is 0 Å². The predicted molar refractivity (Wildman–Crippen MR) is 129 cm³/mol. The van der Waals surface area contributed by atoms with E-state index < -0.39 is 11.7 Å².